The van der Waals surface area contributed by atoms with Crippen molar-refractivity contribution in [2.75, 3.05) is 20.2 Å². The van der Waals surface area contributed by atoms with Gasteiger partial charge < -0.3 is 31.5 Å². The third-order valence-corrected chi connectivity index (χ3v) is 4.01. The number of ether oxygens (including phenoxy) is 1. The van der Waals surface area contributed by atoms with Gasteiger partial charge in [0.15, 0.2) is 0 Å². The average Bonchev–Trinajstić information content (AvgIpc) is 2.66. The van der Waals surface area contributed by atoms with Crippen LogP contribution < -0.4 is 21.7 Å². The Balaban J connectivity index is 4.89. The highest BCUT2D eigenvalue weighted by molar-refractivity contribution is 5.92. The fraction of sp³-hybridized carbons (Fsp3) is 0.722. The van der Waals surface area contributed by atoms with Crippen molar-refractivity contribution in [2.24, 2.45) is 5.73 Å². The van der Waals surface area contributed by atoms with E-state index < -0.39 is 35.8 Å². The predicted octanol–water partition coefficient (Wildman–Crippen LogP) is -0.961. The molecule has 3 amide bonds. The highest BCUT2D eigenvalue weighted by atomic mass is 16.5. The van der Waals surface area contributed by atoms with Crippen molar-refractivity contribution in [1.29, 1.82) is 0 Å². The summed E-state index contributed by atoms with van der Waals surface area (Å²) in [5, 5.41) is 16.4. The Morgan fingerprint density at radius 3 is 2.14 bits per heavy atom. The zero-order valence-electron chi connectivity index (χ0n) is 17.0. The van der Waals surface area contributed by atoms with Gasteiger partial charge in [-0.1, -0.05) is 0 Å². The molecule has 0 bridgehead atoms. The maximum absolute atomic E-state index is 12.5. The third kappa shape index (κ3) is 13.2. The van der Waals surface area contributed by atoms with Crippen molar-refractivity contribution in [3.8, 4) is 0 Å². The molecule has 11 nitrogen and oxygen atoms in total. The normalized spacial score (nSPS) is 12.4. The molecule has 0 heterocycles. The van der Waals surface area contributed by atoms with Crippen LogP contribution in [0.15, 0.2) is 0 Å². The highest BCUT2D eigenvalue weighted by Crippen LogP contribution is 2.05. The summed E-state index contributed by atoms with van der Waals surface area (Å²) < 4.78 is 4.52. The van der Waals surface area contributed by atoms with E-state index in [0.29, 0.717) is 32.2 Å². The number of esters is 1. The van der Waals surface area contributed by atoms with E-state index in [1.807, 2.05) is 0 Å². The van der Waals surface area contributed by atoms with Crippen molar-refractivity contribution in [3.05, 3.63) is 0 Å². The van der Waals surface area contributed by atoms with E-state index in [1.54, 1.807) is 0 Å². The number of carbonyl (C=O) groups excluding carboxylic acids is 4. The molecule has 0 saturated heterocycles. The van der Waals surface area contributed by atoms with Crippen molar-refractivity contribution in [2.45, 2.75) is 64.0 Å². The Morgan fingerprint density at radius 1 is 0.931 bits per heavy atom. The van der Waals surface area contributed by atoms with Gasteiger partial charge in [-0.05, 0) is 38.6 Å². The molecule has 29 heavy (non-hydrogen) atoms. The molecule has 0 aromatic rings. The molecular formula is C18H32N4O7. The zero-order chi connectivity index (χ0) is 22.2. The van der Waals surface area contributed by atoms with Gasteiger partial charge in [0.05, 0.1) is 7.11 Å². The van der Waals surface area contributed by atoms with Crippen LogP contribution in [0.2, 0.25) is 0 Å². The molecule has 2 atom stereocenters. The lowest BCUT2D eigenvalue weighted by molar-refractivity contribution is -0.141. The molecule has 0 saturated carbocycles. The highest BCUT2D eigenvalue weighted by Gasteiger charge is 2.26. The number of methoxy groups -OCH3 is 1. The van der Waals surface area contributed by atoms with Crippen LogP contribution >= 0.6 is 0 Å². The first-order chi connectivity index (χ1) is 13.7. The molecule has 0 rings (SSSR count). The van der Waals surface area contributed by atoms with Gasteiger partial charge in [-0.2, -0.15) is 0 Å². The van der Waals surface area contributed by atoms with E-state index in [4.69, 9.17) is 10.8 Å². The van der Waals surface area contributed by atoms with E-state index in [9.17, 15) is 24.0 Å². The van der Waals surface area contributed by atoms with Crippen molar-refractivity contribution in [1.82, 2.24) is 16.0 Å². The minimum absolute atomic E-state index is 0.100. The maximum Gasteiger partial charge on any atom is 0.305 e. The number of nitrogens with one attached hydrogen (secondary N) is 3. The quantitative estimate of drug-likeness (QED) is 0.167. The minimum Gasteiger partial charge on any atom is -0.481 e. The summed E-state index contributed by atoms with van der Waals surface area (Å²) in [7, 11) is 1.28. The van der Waals surface area contributed by atoms with Gasteiger partial charge in [0, 0.05) is 26.3 Å². The molecule has 0 unspecified atom stereocenters. The summed E-state index contributed by atoms with van der Waals surface area (Å²) in [6, 6.07) is -1.93. The Labute approximate surface area is 170 Å². The van der Waals surface area contributed by atoms with Crippen LogP contribution in [0.3, 0.4) is 0 Å². The lowest BCUT2D eigenvalue weighted by atomic mass is 10.1. The SMILES string of the molecule is COC(=O)CCCNC(=O)[C@H](CCCCN)NC(=O)[C@H](CCC(=O)O)NC(C)=O. The van der Waals surface area contributed by atoms with Gasteiger partial charge in [-0.3, -0.25) is 24.0 Å². The van der Waals surface area contributed by atoms with E-state index in [0.717, 1.165) is 0 Å². The van der Waals surface area contributed by atoms with Crippen LogP contribution in [0.5, 0.6) is 0 Å². The number of rotatable bonds is 15. The number of carbonyl (C=O) groups is 5. The molecule has 0 fully saturated rings. The standard InChI is InChI=1S/C18H32N4O7/c1-12(23)21-14(8-9-15(24)25)18(28)22-13(6-3-4-10-19)17(27)20-11-5-7-16(26)29-2/h13-14H,3-11,19H2,1-2H3,(H,20,27)(H,21,23)(H,22,28)(H,24,25)/t13-,14-/m0/s1. The van der Waals surface area contributed by atoms with Crippen LogP contribution in [0.25, 0.3) is 0 Å². The molecule has 0 aromatic carbocycles. The number of aliphatic carboxylic acids is 1. The summed E-state index contributed by atoms with van der Waals surface area (Å²) in [6.45, 7) is 1.88. The first-order valence-corrected chi connectivity index (χ1v) is 9.55. The molecule has 0 aliphatic carbocycles. The van der Waals surface area contributed by atoms with E-state index >= 15 is 0 Å². The van der Waals surface area contributed by atoms with Gasteiger partial charge in [0.2, 0.25) is 17.7 Å². The Bertz CT molecular complexity index is 568. The van der Waals surface area contributed by atoms with Gasteiger partial charge in [0.1, 0.15) is 12.1 Å². The first kappa shape index (κ1) is 26.3. The number of unbranched alkanes of at least 4 members (excludes halogenated alkanes) is 1. The second-order valence-electron chi connectivity index (χ2n) is 6.50. The molecule has 0 aliphatic rings. The molecule has 0 aliphatic heterocycles. The smallest absolute Gasteiger partial charge is 0.305 e. The fourth-order valence-corrected chi connectivity index (χ4v) is 2.49. The third-order valence-electron chi connectivity index (χ3n) is 4.01. The summed E-state index contributed by atoms with van der Waals surface area (Å²) in [6.07, 6.45) is 1.72. The van der Waals surface area contributed by atoms with Crippen molar-refractivity contribution >= 4 is 29.7 Å². The monoisotopic (exact) mass is 416 g/mol. The zero-order valence-corrected chi connectivity index (χ0v) is 17.0. The Hall–Kier alpha value is -2.69. The molecule has 0 spiro atoms. The van der Waals surface area contributed by atoms with Gasteiger partial charge in [-0.15, -0.1) is 0 Å². The minimum atomic E-state index is -1.10. The van der Waals surface area contributed by atoms with E-state index in [1.165, 1.54) is 14.0 Å². The van der Waals surface area contributed by atoms with Crippen LogP contribution in [0, 0.1) is 0 Å². The largest absolute Gasteiger partial charge is 0.481 e. The summed E-state index contributed by atoms with van der Waals surface area (Å²) in [5.74, 6) is -3.04. The van der Waals surface area contributed by atoms with Crippen LogP contribution in [-0.4, -0.2) is 67.0 Å². The fourth-order valence-electron chi connectivity index (χ4n) is 2.49. The van der Waals surface area contributed by atoms with Crippen molar-refractivity contribution < 1.29 is 33.8 Å². The Morgan fingerprint density at radius 2 is 1.59 bits per heavy atom. The predicted molar refractivity (Wildman–Crippen MR) is 104 cm³/mol. The number of carboxylic acids is 1. The van der Waals surface area contributed by atoms with Crippen LogP contribution in [0.4, 0.5) is 0 Å². The van der Waals surface area contributed by atoms with Crippen LogP contribution in [0.1, 0.15) is 51.9 Å². The lowest BCUT2D eigenvalue weighted by Gasteiger charge is -2.22. The second kappa shape index (κ2) is 15.3. The molecule has 0 aromatic heterocycles. The Kier molecular flexibility index (Phi) is 13.8. The van der Waals surface area contributed by atoms with Crippen LogP contribution in [-0.2, 0) is 28.7 Å². The topological polar surface area (TPSA) is 177 Å². The summed E-state index contributed by atoms with van der Waals surface area (Å²) in [5.41, 5.74) is 5.47. The van der Waals surface area contributed by atoms with Gasteiger partial charge in [-0.25, -0.2) is 0 Å². The molecule has 11 heteroatoms. The summed E-state index contributed by atoms with van der Waals surface area (Å²) in [4.78, 5) is 58.2. The van der Waals surface area contributed by atoms with Crippen molar-refractivity contribution in [3.63, 3.8) is 0 Å². The number of amides is 3. The number of hydrogen-bond acceptors (Lipinski definition) is 7. The maximum atomic E-state index is 12.5. The van der Waals surface area contributed by atoms with E-state index in [-0.39, 0.29) is 31.8 Å². The number of hydrogen-bond donors (Lipinski definition) is 5. The second-order valence-corrected chi connectivity index (χ2v) is 6.50. The average molecular weight is 416 g/mol. The summed E-state index contributed by atoms with van der Waals surface area (Å²) >= 11 is 0. The number of carboxylic acid groups (broad SMARTS) is 1. The molecule has 6 N–H and O–H groups in total. The number of nitrogens with two attached hydrogens (primary N) is 1. The lowest BCUT2D eigenvalue weighted by Crippen LogP contribution is -2.53. The van der Waals surface area contributed by atoms with Gasteiger partial charge in [0.25, 0.3) is 0 Å². The van der Waals surface area contributed by atoms with Gasteiger partial charge >= 0.3 is 11.9 Å². The molecular weight excluding hydrogens is 384 g/mol. The van der Waals surface area contributed by atoms with E-state index in [2.05, 4.69) is 20.7 Å². The first-order valence-electron chi connectivity index (χ1n) is 9.55. The molecule has 0 radical (unpaired) electrons. The molecule has 166 valence electrons.